The first-order chi connectivity index (χ1) is 15.3. The first-order valence-electron chi connectivity index (χ1n) is 11.2. The van der Waals surface area contributed by atoms with Gasteiger partial charge in [-0.25, -0.2) is 0 Å². The summed E-state index contributed by atoms with van der Waals surface area (Å²) in [7, 11) is 0. The van der Waals surface area contributed by atoms with Gasteiger partial charge in [0.05, 0.1) is 11.5 Å². The molecule has 2 aromatic carbocycles. The van der Waals surface area contributed by atoms with Crippen LogP contribution in [-0.2, 0) is 9.59 Å². The number of rotatable bonds is 9. The van der Waals surface area contributed by atoms with Crippen LogP contribution in [0.1, 0.15) is 69.0 Å². The standard InChI is InChI=1S/C27H31Cl2NO2/c1-4-15-27(3)18-24(20-8-6-9-22(29)17-20)25(19-11-13-21(28)14-12-19)30(26(27)32)23(5-2)10-7-16-31/h4,6,8-9,11-14,16-17,23-25H,1,5,7,10,15,18H2,2-3H3/t23-,24+,25?,27-/m0/s1. The number of carbonyl (C=O) groups excluding carboxylic acids is 2. The highest BCUT2D eigenvalue weighted by molar-refractivity contribution is 6.30. The average Bonchev–Trinajstić information content (AvgIpc) is 2.77. The lowest BCUT2D eigenvalue weighted by atomic mass is 9.67. The summed E-state index contributed by atoms with van der Waals surface area (Å²) in [4.78, 5) is 27.3. The van der Waals surface area contributed by atoms with Crippen molar-refractivity contribution >= 4 is 35.4 Å². The number of aldehydes is 1. The molecule has 1 aliphatic rings. The summed E-state index contributed by atoms with van der Waals surface area (Å²) < 4.78 is 0. The van der Waals surface area contributed by atoms with Crippen LogP contribution < -0.4 is 0 Å². The highest BCUT2D eigenvalue weighted by Crippen LogP contribution is 2.52. The smallest absolute Gasteiger partial charge is 0.229 e. The molecule has 3 nitrogen and oxygen atoms in total. The molecule has 3 rings (SSSR count). The van der Waals surface area contributed by atoms with Gasteiger partial charge in [-0.05, 0) is 61.1 Å². The van der Waals surface area contributed by atoms with Gasteiger partial charge < -0.3 is 9.69 Å². The molecule has 32 heavy (non-hydrogen) atoms. The number of piperidine rings is 1. The van der Waals surface area contributed by atoms with E-state index in [-0.39, 0.29) is 23.9 Å². The molecule has 0 N–H and O–H groups in total. The monoisotopic (exact) mass is 471 g/mol. The van der Waals surface area contributed by atoms with Crippen molar-refractivity contribution in [3.63, 3.8) is 0 Å². The molecule has 0 bridgehead atoms. The van der Waals surface area contributed by atoms with E-state index in [1.165, 1.54) is 0 Å². The fourth-order valence-electron chi connectivity index (χ4n) is 5.09. The van der Waals surface area contributed by atoms with Crippen LogP contribution >= 0.6 is 23.2 Å². The van der Waals surface area contributed by atoms with Crippen LogP contribution in [-0.4, -0.2) is 23.1 Å². The minimum atomic E-state index is -0.577. The normalized spacial score (nSPS) is 24.2. The van der Waals surface area contributed by atoms with Crippen LogP contribution in [0.5, 0.6) is 0 Å². The third kappa shape index (κ3) is 5.10. The van der Waals surface area contributed by atoms with Gasteiger partial charge in [-0.2, -0.15) is 0 Å². The summed E-state index contributed by atoms with van der Waals surface area (Å²) >= 11 is 12.6. The highest BCUT2D eigenvalue weighted by Gasteiger charge is 2.50. The van der Waals surface area contributed by atoms with Crippen LogP contribution in [0.2, 0.25) is 10.0 Å². The van der Waals surface area contributed by atoms with Crippen molar-refractivity contribution in [2.24, 2.45) is 5.41 Å². The second-order valence-electron chi connectivity index (χ2n) is 8.93. The lowest BCUT2D eigenvalue weighted by Gasteiger charge is -2.52. The van der Waals surface area contributed by atoms with E-state index in [2.05, 4.69) is 19.6 Å². The maximum Gasteiger partial charge on any atom is 0.229 e. The fraction of sp³-hybridized carbons (Fsp3) is 0.407. The van der Waals surface area contributed by atoms with E-state index in [9.17, 15) is 9.59 Å². The summed E-state index contributed by atoms with van der Waals surface area (Å²) in [5.41, 5.74) is 1.57. The van der Waals surface area contributed by atoms with E-state index in [0.717, 1.165) is 23.8 Å². The minimum absolute atomic E-state index is 0.0421. The Kier molecular flexibility index (Phi) is 8.19. The van der Waals surface area contributed by atoms with E-state index in [1.807, 2.05) is 60.4 Å². The van der Waals surface area contributed by atoms with Crippen molar-refractivity contribution in [1.82, 2.24) is 4.90 Å². The molecule has 2 aromatic rings. The Morgan fingerprint density at radius 2 is 1.88 bits per heavy atom. The first kappa shape index (κ1) is 24.5. The Morgan fingerprint density at radius 3 is 2.47 bits per heavy atom. The van der Waals surface area contributed by atoms with Crippen LogP contribution in [0, 0.1) is 5.41 Å². The SMILES string of the molecule is C=CC[C@@]1(C)C[C@H](c2cccc(Cl)c2)C(c2ccc(Cl)cc2)N([C@@H](CC)CCC=O)C1=O. The topological polar surface area (TPSA) is 37.4 Å². The minimum Gasteiger partial charge on any atom is -0.332 e. The van der Waals surface area contributed by atoms with E-state index in [4.69, 9.17) is 23.2 Å². The Hall–Kier alpha value is -2.10. The van der Waals surface area contributed by atoms with Gasteiger partial charge in [0, 0.05) is 28.4 Å². The predicted octanol–water partition coefficient (Wildman–Crippen LogP) is 7.39. The number of allylic oxidation sites excluding steroid dienone is 1. The van der Waals surface area contributed by atoms with Gasteiger partial charge >= 0.3 is 0 Å². The van der Waals surface area contributed by atoms with Crippen LogP contribution in [0.4, 0.5) is 0 Å². The maximum atomic E-state index is 14.0. The van der Waals surface area contributed by atoms with Crippen LogP contribution in [0.3, 0.4) is 0 Å². The maximum absolute atomic E-state index is 14.0. The Morgan fingerprint density at radius 1 is 1.16 bits per heavy atom. The number of hydrogen-bond acceptors (Lipinski definition) is 2. The number of hydrogen-bond donors (Lipinski definition) is 0. The molecule has 1 amide bonds. The zero-order valence-corrected chi connectivity index (χ0v) is 20.3. The summed E-state index contributed by atoms with van der Waals surface area (Å²) in [5.74, 6) is 0.163. The molecule has 5 heteroatoms. The third-order valence-electron chi connectivity index (χ3n) is 6.67. The van der Waals surface area contributed by atoms with Crippen LogP contribution in [0.15, 0.2) is 61.2 Å². The average molecular weight is 472 g/mol. The molecular formula is C27H31Cl2NO2. The zero-order chi connectivity index (χ0) is 23.3. The van der Waals surface area contributed by atoms with Gasteiger partial charge in [0.25, 0.3) is 0 Å². The van der Waals surface area contributed by atoms with Gasteiger partial charge in [0.15, 0.2) is 0 Å². The lowest BCUT2D eigenvalue weighted by Crippen LogP contribution is -2.55. The summed E-state index contributed by atoms with van der Waals surface area (Å²) in [6.45, 7) is 8.03. The lowest BCUT2D eigenvalue weighted by molar-refractivity contribution is -0.155. The van der Waals surface area contributed by atoms with Crippen molar-refractivity contribution in [2.75, 3.05) is 0 Å². The fourth-order valence-corrected chi connectivity index (χ4v) is 5.41. The van der Waals surface area contributed by atoms with Crippen LogP contribution in [0.25, 0.3) is 0 Å². The van der Waals surface area contributed by atoms with Gasteiger partial charge in [-0.15, -0.1) is 6.58 Å². The molecule has 4 atom stereocenters. The Balaban J connectivity index is 2.21. The number of likely N-dealkylation sites (tertiary alicyclic amines) is 1. The van der Waals surface area contributed by atoms with Gasteiger partial charge in [0.1, 0.15) is 6.29 Å². The summed E-state index contributed by atoms with van der Waals surface area (Å²) in [5, 5.41) is 1.34. The molecule has 170 valence electrons. The molecular weight excluding hydrogens is 441 g/mol. The molecule has 1 fully saturated rings. The van der Waals surface area contributed by atoms with Gasteiger partial charge in [0.2, 0.25) is 5.91 Å². The van der Waals surface area contributed by atoms with Gasteiger partial charge in [-0.3, -0.25) is 4.79 Å². The number of nitrogens with zero attached hydrogens (tertiary/aromatic N) is 1. The molecule has 0 radical (unpaired) electrons. The molecule has 1 unspecified atom stereocenters. The van der Waals surface area contributed by atoms with Crippen molar-refractivity contribution < 1.29 is 9.59 Å². The van der Waals surface area contributed by atoms with Crippen molar-refractivity contribution in [1.29, 1.82) is 0 Å². The zero-order valence-electron chi connectivity index (χ0n) is 18.8. The van der Waals surface area contributed by atoms with E-state index in [1.54, 1.807) is 0 Å². The van der Waals surface area contributed by atoms with Crippen molar-refractivity contribution in [3.8, 4) is 0 Å². The molecule has 0 saturated carbocycles. The predicted molar refractivity (Wildman–Crippen MR) is 132 cm³/mol. The number of carbonyl (C=O) groups is 2. The molecule has 1 heterocycles. The van der Waals surface area contributed by atoms with E-state index >= 15 is 0 Å². The molecule has 0 aromatic heterocycles. The number of amides is 1. The summed E-state index contributed by atoms with van der Waals surface area (Å²) in [6, 6.07) is 15.5. The first-order valence-corrected chi connectivity index (χ1v) is 12.0. The second kappa shape index (κ2) is 10.7. The Labute approximate surface area is 201 Å². The quantitative estimate of drug-likeness (QED) is 0.282. The molecule has 1 aliphatic heterocycles. The number of benzene rings is 2. The van der Waals surface area contributed by atoms with Crippen molar-refractivity contribution in [2.45, 2.75) is 64.0 Å². The van der Waals surface area contributed by atoms with E-state index < -0.39 is 5.41 Å². The van der Waals surface area contributed by atoms with E-state index in [0.29, 0.717) is 35.7 Å². The molecule has 1 saturated heterocycles. The van der Waals surface area contributed by atoms with Gasteiger partial charge in [-0.1, -0.05) is 67.4 Å². The molecule has 0 aliphatic carbocycles. The highest BCUT2D eigenvalue weighted by atomic mass is 35.5. The Bertz CT molecular complexity index is 958. The third-order valence-corrected chi connectivity index (χ3v) is 7.15. The van der Waals surface area contributed by atoms with Crippen molar-refractivity contribution in [3.05, 3.63) is 82.4 Å². The number of halogens is 2. The molecule has 0 spiro atoms. The summed E-state index contributed by atoms with van der Waals surface area (Å²) in [6.07, 6.45) is 5.89. The second-order valence-corrected chi connectivity index (χ2v) is 9.81. The largest absolute Gasteiger partial charge is 0.332 e.